The molecule has 0 saturated carbocycles. The highest BCUT2D eigenvalue weighted by molar-refractivity contribution is 7.92. The van der Waals surface area contributed by atoms with Crippen molar-refractivity contribution < 1.29 is 22.7 Å². The number of benzene rings is 1. The van der Waals surface area contributed by atoms with Crippen LogP contribution in [0, 0.1) is 0 Å². The summed E-state index contributed by atoms with van der Waals surface area (Å²) in [5.41, 5.74) is 0.429. The zero-order valence-electron chi connectivity index (χ0n) is 15.3. The highest BCUT2D eigenvalue weighted by Crippen LogP contribution is 2.29. The number of methoxy groups -OCH3 is 1. The van der Waals surface area contributed by atoms with Crippen LogP contribution in [0.1, 0.15) is 6.42 Å². The molecule has 1 saturated heterocycles. The molecule has 1 N–H and O–H groups in total. The number of rotatable bonds is 9. The van der Waals surface area contributed by atoms with Gasteiger partial charge in [-0.05, 0) is 12.1 Å². The summed E-state index contributed by atoms with van der Waals surface area (Å²) in [4.78, 5) is 14.3. The third-order valence-corrected chi connectivity index (χ3v) is 5.33. The predicted molar refractivity (Wildman–Crippen MR) is 100 cm³/mol. The zero-order valence-corrected chi connectivity index (χ0v) is 16.1. The van der Waals surface area contributed by atoms with Crippen LogP contribution in [0.4, 0.5) is 5.69 Å². The Hall–Kier alpha value is -1.84. The number of morpholine rings is 1. The number of ether oxygens (including phenoxy) is 2. The molecule has 9 heteroatoms. The molecule has 1 aromatic carbocycles. The summed E-state index contributed by atoms with van der Waals surface area (Å²) in [5, 5.41) is 2.84. The van der Waals surface area contributed by atoms with Crippen LogP contribution in [-0.2, 0) is 19.6 Å². The SMILES string of the molecule is COc1ccccc1N(CCC(=O)NCCN1CCOCC1)S(C)(=O)=O. The summed E-state index contributed by atoms with van der Waals surface area (Å²) in [6.07, 6.45) is 1.20. The van der Waals surface area contributed by atoms with Gasteiger partial charge in [-0.15, -0.1) is 0 Å². The van der Waals surface area contributed by atoms with Crippen molar-refractivity contribution in [3.63, 3.8) is 0 Å². The van der Waals surface area contributed by atoms with E-state index in [1.165, 1.54) is 11.4 Å². The van der Waals surface area contributed by atoms with Gasteiger partial charge < -0.3 is 14.8 Å². The largest absolute Gasteiger partial charge is 0.495 e. The summed E-state index contributed by atoms with van der Waals surface area (Å²) in [6, 6.07) is 6.85. The molecule has 1 aliphatic heterocycles. The van der Waals surface area contributed by atoms with Crippen LogP contribution in [0.5, 0.6) is 5.75 Å². The predicted octanol–water partition coefficient (Wildman–Crippen LogP) is 0.300. The topological polar surface area (TPSA) is 88.2 Å². The summed E-state index contributed by atoms with van der Waals surface area (Å²) < 4.78 is 36.0. The molecule has 2 rings (SSSR count). The first-order valence-corrected chi connectivity index (χ1v) is 10.4. The second-order valence-corrected chi connectivity index (χ2v) is 7.97. The fourth-order valence-electron chi connectivity index (χ4n) is 2.77. The maximum absolute atomic E-state index is 12.2. The number of carbonyl (C=O) groups is 1. The Bertz CT molecular complexity index is 689. The lowest BCUT2D eigenvalue weighted by atomic mass is 10.3. The molecule has 0 aliphatic carbocycles. The number of hydrogen-bond acceptors (Lipinski definition) is 6. The molecule has 0 bridgehead atoms. The monoisotopic (exact) mass is 385 g/mol. The lowest BCUT2D eigenvalue weighted by Gasteiger charge is -2.26. The standard InChI is InChI=1S/C17H27N3O5S/c1-24-16-6-4-3-5-15(16)20(26(2,22)23)9-7-17(21)18-8-10-19-11-13-25-14-12-19/h3-6H,7-14H2,1-2H3,(H,18,21). The average Bonchev–Trinajstić information content (AvgIpc) is 2.62. The first kappa shape index (κ1) is 20.5. The number of nitrogens with one attached hydrogen (secondary N) is 1. The molecule has 0 spiro atoms. The van der Waals surface area contributed by atoms with Crippen LogP contribution in [0.3, 0.4) is 0 Å². The van der Waals surface area contributed by atoms with E-state index in [1.807, 2.05) is 0 Å². The molecular weight excluding hydrogens is 358 g/mol. The van der Waals surface area contributed by atoms with Gasteiger partial charge in [-0.2, -0.15) is 0 Å². The van der Waals surface area contributed by atoms with E-state index in [4.69, 9.17) is 9.47 Å². The number of nitrogens with zero attached hydrogens (tertiary/aromatic N) is 2. The number of sulfonamides is 1. The Kier molecular flexibility index (Phi) is 7.67. The Morgan fingerprint density at radius 1 is 1.31 bits per heavy atom. The van der Waals surface area contributed by atoms with Crippen molar-refractivity contribution in [1.29, 1.82) is 0 Å². The highest BCUT2D eigenvalue weighted by atomic mass is 32.2. The van der Waals surface area contributed by atoms with Crippen molar-refractivity contribution in [3.05, 3.63) is 24.3 Å². The average molecular weight is 385 g/mol. The molecule has 0 radical (unpaired) electrons. The van der Waals surface area contributed by atoms with Gasteiger partial charge in [0.05, 0.1) is 32.3 Å². The van der Waals surface area contributed by atoms with Crippen molar-refractivity contribution in [1.82, 2.24) is 10.2 Å². The first-order valence-electron chi connectivity index (χ1n) is 8.59. The lowest BCUT2D eigenvalue weighted by Crippen LogP contribution is -2.42. The summed E-state index contributed by atoms with van der Waals surface area (Å²) in [6.45, 7) is 4.52. The molecule has 1 aliphatic rings. The third kappa shape index (κ3) is 6.15. The van der Waals surface area contributed by atoms with E-state index >= 15 is 0 Å². The first-order chi connectivity index (χ1) is 12.4. The summed E-state index contributed by atoms with van der Waals surface area (Å²) in [7, 11) is -2.05. The number of carbonyl (C=O) groups excluding carboxylic acids is 1. The normalized spacial score (nSPS) is 15.5. The Morgan fingerprint density at radius 3 is 2.65 bits per heavy atom. The minimum absolute atomic E-state index is 0.0581. The van der Waals surface area contributed by atoms with Crippen LogP contribution in [0.25, 0.3) is 0 Å². The van der Waals surface area contributed by atoms with Gasteiger partial charge in [-0.25, -0.2) is 8.42 Å². The number of para-hydroxylation sites is 2. The van der Waals surface area contributed by atoms with E-state index in [0.29, 0.717) is 18.0 Å². The molecule has 0 atom stereocenters. The fraction of sp³-hybridized carbons (Fsp3) is 0.588. The maximum Gasteiger partial charge on any atom is 0.232 e. The lowest BCUT2D eigenvalue weighted by molar-refractivity contribution is -0.120. The van der Waals surface area contributed by atoms with Crippen LogP contribution in [-0.4, -0.2) is 78.5 Å². The quantitative estimate of drug-likeness (QED) is 0.658. The van der Waals surface area contributed by atoms with Crippen LogP contribution < -0.4 is 14.4 Å². The van der Waals surface area contributed by atoms with Gasteiger partial charge in [0.25, 0.3) is 0 Å². The van der Waals surface area contributed by atoms with Gasteiger partial charge in [0.1, 0.15) is 5.75 Å². The van der Waals surface area contributed by atoms with Crippen molar-refractivity contribution in [2.45, 2.75) is 6.42 Å². The van der Waals surface area contributed by atoms with Gasteiger partial charge in [0, 0.05) is 39.1 Å². The van der Waals surface area contributed by atoms with Crippen molar-refractivity contribution in [2.75, 3.05) is 63.6 Å². The molecule has 1 heterocycles. The van der Waals surface area contributed by atoms with E-state index in [9.17, 15) is 13.2 Å². The second kappa shape index (κ2) is 9.75. The third-order valence-electron chi connectivity index (χ3n) is 4.15. The molecule has 0 unspecified atom stereocenters. The molecular formula is C17H27N3O5S. The summed E-state index contributed by atoms with van der Waals surface area (Å²) in [5.74, 6) is 0.271. The zero-order chi connectivity index (χ0) is 19.0. The van der Waals surface area contributed by atoms with Crippen LogP contribution >= 0.6 is 0 Å². The van der Waals surface area contributed by atoms with Gasteiger partial charge >= 0.3 is 0 Å². The molecule has 1 aromatic rings. The smallest absolute Gasteiger partial charge is 0.232 e. The highest BCUT2D eigenvalue weighted by Gasteiger charge is 2.21. The molecule has 26 heavy (non-hydrogen) atoms. The second-order valence-electron chi connectivity index (χ2n) is 6.06. The van der Waals surface area contributed by atoms with E-state index in [2.05, 4.69) is 10.2 Å². The van der Waals surface area contributed by atoms with Crippen LogP contribution in [0.2, 0.25) is 0 Å². The van der Waals surface area contributed by atoms with Crippen LogP contribution in [0.15, 0.2) is 24.3 Å². The molecule has 146 valence electrons. The fourth-order valence-corrected chi connectivity index (χ4v) is 3.70. The molecule has 1 fully saturated rings. The molecule has 0 aromatic heterocycles. The van der Waals surface area contributed by atoms with Crippen molar-refractivity contribution in [2.24, 2.45) is 0 Å². The van der Waals surface area contributed by atoms with E-state index in [0.717, 1.165) is 39.1 Å². The maximum atomic E-state index is 12.2. The number of anilines is 1. The summed E-state index contributed by atoms with van der Waals surface area (Å²) >= 11 is 0. The Balaban J connectivity index is 1.87. The Morgan fingerprint density at radius 2 is 2.00 bits per heavy atom. The number of hydrogen-bond donors (Lipinski definition) is 1. The van der Waals surface area contributed by atoms with E-state index in [1.54, 1.807) is 24.3 Å². The minimum atomic E-state index is -3.53. The van der Waals surface area contributed by atoms with Gasteiger partial charge in [-0.1, -0.05) is 12.1 Å². The van der Waals surface area contributed by atoms with Gasteiger partial charge in [-0.3, -0.25) is 14.0 Å². The van der Waals surface area contributed by atoms with E-state index < -0.39 is 10.0 Å². The molecule has 1 amide bonds. The van der Waals surface area contributed by atoms with E-state index in [-0.39, 0.29) is 18.9 Å². The Labute approximate surface area is 155 Å². The minimum Gasteiger partial charge on any atom is -0.495 e. The van der Waals surface area contributed by atoms with Crippen molar-refractivity contribution in [3.8, 4) is 5.75 Å². The molecule has 8 nitrogen and oxygen atoms in total. The number of amides is 1. The van der Waals surface area contributed by atoms with Gasteiger partial charge in [0.15, 0.2) is 0 Å². The van der Waals surface area contributed by atoms with Gasteiger partial charge in [0.2, 0.25) is 15.9 Å². The van der Waals surface area contributed by atoms with Crippen molar-refractivity contribution >= 4 is 21.6 Å².